The Morgan fingerprint density at radius 3 is 2.77 bits per heavy atom. The van der Waals surface area contributed by atoms with Crippen LogP contribution in [0.1, 0.15) is 28.0 Å². The molecule has 1 atom stereocenters. The molecule has 9 nitrogen and oxygen atoms in total. The smallest absolute Gasteiger partial charge is 0.275 e. The number of imidazole rings is 1. The first-order valence-corrected chi connectivity index (χ1v) is 9.69. The summed E-state index contributed by atoms with van der Waals surface area (Å²) in [5, 5.41) is 3.04. The highest BCUT2D eigenvalue weighted by Crippen LogP contribution is 2.27. The highest BCUT2D eigenvalue weighted by atomic mass is 32.2. The molecule has 2 aromatic heterocycles. The molecule has 0 radical (unpaired) electrons. The lowest BCUT2D eigenvalue weighted by molar-refractivity contribution is 0.0619. The number of rotatable bonds is 4. The number of aryl methyl sites for hydroxylation is 2. The van der Waals surface area contributed by atoms with Crippen LogP contribution in [0.5, 0.6) is 0 Å². The number of furan rings is 1. The van der Waals surface area contributed by atoms with Crippen molar-refractivity contribution >= 4 is 15.9 Å². The molecule has 1 unspecified atom stereocenters. The number of hydrogen-bond donors (Lipinski definition) is 1. The lowest BCUT2D eigenvalue weighted by atomic mass is 10.1. The Morgan fingerprint density at radius 2 is 2.15 bits per heavy atom. The van der Waals surface area contributed by atoms with Crippen molar-refractivity contribution in [3.8, 4) is 0 Å². The van der Waals surface area contributed by atoms with Crippen molar-refractivity contribution in [2.45, 2.75) is 18.1 Å². The largest absolute Gasteiger partial charge is 0.448 e. The molecule has 1 aliphatic rings. The third-order valence-electron chi connectivity index (χ3n) is 4.52. The van der Waals surface area contributed by atoms with Crippen molar-refractivity contribution in [1.82, 2.24) is 24.1 Å². The van der Waals surface area contributed by atoms with Gasteiger partial charge in [-0.05, 0) is 6.92 Å². The predicted molar refractivity (Wildman–Crippen MR) is 94.2 cm³/mol. The van der Waals surface area contributed by atoms with E-state index in [2.05, 4.69) is 10.3 Å². The van der Waals surface area contributed by atoms with Gasteiger partial charge >= 0.3 is 0 Å². The first-order valence-electron chi connectivity index (χ1n) is 8.25. The van der Waals surface area contributed by atoms with Gasteiger partial charge in [0.2, 0.25) is 5.09 Å². The van der Waals surface area contributed by atoms with Gasteiger partial charge in [0.1, 0.15) is 17.6 Å². The van der Waals surface area contributed by atoms with Crippen LogP contribution < -0.4 is 5.32 Å². The van der Waals surface area contributed by atoms with E-state index < -0.39 is 10.0 Å². The average Bonchev–Trinajstić information content (AvgIpc) is 3.20. The third-order valence-corrected chi connectivity index (χ3v) is 6.19. The SMILES string of the molecule is Cc1oc(S(=O)(=O)N(C)C)cc1C(=O)N1CCNCC1c1nccn1C. The van der Waals surface area contributed by atoms with Gasteiger partial charge in [-0.1, -0.05) is 0 Å². The number of carbonyl (C=O) groups excluding carboxylic acids is 1. The van der Waals surface area contributed by atoms with Crippen molar-refractivity contribution < 1.29 is 17.6 Å². The second-order valence-electron chi connectivity index (χ2n) is 6.44. The van der Waals surface area contributed by atoms with Gasteiger partial charge in [0.25, 0.3) is 15.9 Å². The summed E-state index contributed by atoms with van der Waals surface area (Å²) >= 11 is 0. The molecule has 3 heterocycles. The maximum absolute atomic E-state index is 13.1. The molecule has 2 aromatic rings. The Kier molecular flexibility index (Phi) is 4.91. The van der Waals surface area contributed by atoms with Gasteiger partial charge in [0.05, 0.1) is 5.56 Å². The number of carbonyl (C=O) groups is 1. The number of aromatic nitrogens is 2. The lowest BCUT2D eigenvalue weighted by Crippen LogP contribution is -2.49. The summed E-state index contributed by atoms with van der Waals surface area (Å²) in [6.07, 6.45) is 3.52. The Bertz CT molecular complexity index is 915. The van der Waals surface area contributed by atoms with Gasteiger partial charge in [0, 0.05) is 59.2 Å². The van der Waals surface area contributed by atoms with E-state index in [1.165, 1.54) is 20.2 Å². The van der Waals surface area contributed by atoms with Crippen LogP contribution in [-0.4, -0.2) is 66.8 Å². The molecular formula is C16H23N5O4S. The van der Waals surface area contributed by atoms with Gasteiger partial charge in [0.15, 0.2) is 0 Å². The van der Waals surface area contributed by atoms with Crippen molar-refractivity contribution in [1.29, 1.82) is 0 Å². The molecule has 1 saturated heterocycles. The van der Waals surface area contributed by atoms with E-state index in [1.54, 1.807) is 18.0 Å². The number of hydrogen-bond acceptors (Lipinski definition) is 6. The first-order chi connectivity index (χ1) is 12.2. The molecule has 142 valence electrons. The molecule has 0 aromatic carbocycles. The van der Waals surface area contributed by atoms with Crippen LogP contribution in [-0.2, 0) is 17.1 Å². The fraction of sp³-hybridized carbons (Fsp3) is 0.500. The van der Waals surface area contributed by atoms with Crippen molar-refractivity contribution in [3.05, 3.63) is 35.6 Å². The average molecular weight is 381 g/mol. The van der Waals surface area contributed by atoms with Crippen molar-refractivity contribution in [2.75, 3.05) is 33.7 Å². The van der Waals surface area contributed by atoms with E-state index in [0.29, 0.717) is 19.6 Å². The zero-order chi connectivity index (χ0) is 19.1. The van der Waals surface area contributed by atoms with E-state index >= 15 is 0 Å². The minimum Gasteiger partial charge on any atom is -0.448 e. The minimum absolute atomic E-state index is 0.230. The molecule has 10 heteroatoms. The maximum Gasteiger partial charge on any atom is 0.275 e. The number of amides is 1. The Hall–Kier alpha value is -2.17. The number of piperazine rings is 1. The van der Waals surface area contributed by atoms with Crippen LogP contribution in [0.25, 0.3) is 0 Å². The molecule has 1 fully saturated rings. The Labute approximate surface area is 152 Å². The molecule has 0 bridgehead atoms. The minimum atomic E-state index is -3.74. The molecule has 1 N–H and O–H groups in total. The van der Waals surface area contributed by atoms with Gasteiger partial charge in [-0.15, -0.1) is 0 Å². The van der Waals surface area contributed by atoms with Crippen molar-refractivity contribution in [3.63, 3.8) is 0 Å². The Balaban J connectivity index is 1.95. The highest BCUT2D eigenvalue weighted by Gasteiger charge is 2.34. The van der Waals surface area contributed by atoms with Gasteiger partial charge in [-0.3, -0.25) is 4.79 Å². The number of nitrogens with zero attached hydrogens (tertiary/aromatic N) is 4. The summed E-state index contributed by atoms with van der Waals surface area (Å²) < 4.78 is 32.9. The zero-order valence-corrected chi connectivity index (χ0v) is 16.1. The molecule has 1 amide bonds. The molecule has 0 spiro atoms. The molecule has 26 heavy (non-hydrogen) atoms. The molecule has 1 aliphatic heterocycles. The summed E-state index contributed by atoms with van der Waals surface area (Å²) in [7, 11) is 0.978. The Morgan fingerprint density at radius 1 is 1.42 bits per heavy atom. The molecule has 0 aliphatic carbocycles. The molecule has 0 saturated carbocycles. The lowest BCUT2D eigenvalue weighted by Gasteiger charge is -2.35. The maximum atomic E-state index is 13.1. The van der Waals surface area contributed by atoms with Crippen LogP contribution in [0.2, 0.25) is 0 Å². The van der Waals surface area contributed by atoms with E-state index in [9.17, 15) is 13.2 Å². The molecule has 3 rings (SSSR count). The fourth-order valence-corrected chi connectivity index (χ4v) is 3.86. The second kappa shape index (κ2) is 6.86. The number of sulfonamides is 1. The van der Waals surface area contributed by atoms with Gasteiger partial charge in [-0.25, -0.2) is 17.7 Å². The highest BCUT2D eigenvalue weighted by molar-refractivity contribution is 7.88. The van der Waals surface area contributed by atoms with Gasteiger partial charge < -0.3 is 19.2 Å². The van der Waals surface area contributed by atoms with Crippen LogP contribution in [0.15, 0.2) is 28.0 Å². The van der Waals surface area contributed by atoms with E-state index in [0.717, 1.165) is 10.1 Å². The fourth-order valence-electron chi connectivity index (χ4n) is 3.01. The second-order valence-corrected chi connectivity index (χ2v) is 8.52. The summed E-state index contributed by atoms with van der Waals surface area (Å²) in [4.78, 5) is 19.2. The summed E-state index contributed by atoms with van der Waals surface area (Å²) in [5.41, 5.74) is 0.256. The number of nitrogens with one attached hydrogen (secondary N) is 1. The summed E-state index contributed by atoms with van der Waals surface area (Å²) in [6, 6.07) is 1.07. The topological polar surface area (TPSA) is 101 Å². The summed E-state index contributed by atoms with van der Waals surface area (Å²) in [5.74, 6) is 0.793. The standard InChI is InChI=1S/C16H23N5O4S/c1-11-12(9-14(25-11)26(23,24)19(2)3)16(22)21-8-5-17-10-13(21)15-18-6-7-20(15)4/h6-7,9,13,17H,5,8,10H2,1-4H3. The first kappa shape index (κ1) is 18.6. The third kappa shape index (κ3) is 3.15. The van der Waals surface area contributed by atoms with Crippen LogP contribution in [0.4, 0.5) is 0 Å². The van der Waals surface area contributed by atoms with E-state index in [4.69, 9.17) is 4.42 Å². The normalized spacial score (nSPS) is 18.5. The van der Waals surface area contributed by atoms with Crippen LogP contribution in [0.3, 0.4) is 0 Å². The summed E-state index contributed by atoms with van der Waals surface area (Å²) in [6.45, 7) is 3.33. The van der Waals surface area contributed by atoms with E-state index in [1.807, 2.05) is 17.8 Å². The monoisotopic (exact) mass is 381 g/mol. The van der Waals surface area contributed by atoms with Crippen molar-refractivity contribution in [2.24, 2.45) is 7.05 Å². The van der Waals surface area contributed by atoms with E-state index in [-0.39, 0.29) is 28.4 Å². The predicted octanol–water partition coefficient (Wildman–Crippen LogP) is 0.359. The molecular weight excluding hydrogens is 358 g/mol. The van der Waals surface area contributed by atoms with Crippen LogP contribution in [0, 0.1) is 6.92 Å². The van der Waals surface area contributed by atoms with Gasteiger partial charge in [-0.2, -0.15) is 0 Å². The zero-order valence-electron chi connectivity index (χ0n) is 15.3. The van der Waals surface area contributed by atoms with Crippen LogP contribution >= 0.6 is 0 Å². The quantitative estimate of drug-likeness (QED) is 0.821.